The number of carbonyl (C=O) groups is 1. The van der Waals surface area contributed by atoms with Gasteiger partial charge in [0.15, 0.2) is 0 Å². The van der Waals surface area contributed by atoms with Crippen LogP contribution in [0.25, 0.3) is 0 Å². The van der Waals surface area contributed by atoms with Crippen LogP contribution in [0.1, 0.15) is 44.6 Å². The standard InChI is InChI=1S/C20H28N2O2/c1-14-11-17(14)19(23)22-12-15-5-3-4-6-18(15)24-20(13-22)9-7-16(21-2)8-10-20/h3-6,14,16-17,21H,7-13H2,1-2H3. The van der Waals surface area contributed by atoms with Crippen molar-refractivity contribution < 1.29 is 9.53 Å². The SMILES string of the molecule is CNC1CCC2(CC1)CN(C(=O)C1CC1C)Cc1ccccc1O2. The molecule has 2 atom stereocenters. The van der Waals surface area contributed by atoms with Crippen molar-refractivity contribution in [1.29, 1.82) is 0 Å². The van der Waals surface area contributed by atoms with Crippen molar-refractivity contribution in [2.24, 2.45) is 11.8 Å². The van der Waals surface area contributed by atoms with Gasteiger partial charge >= 0.3 is 0 Å². The molecule has 2 saturated carbocycles. The summed E-state index contributed by atoms with van der Waals surface area (Å²) in [5, 5.41) is 3.39. The molecule has 1 amide bonds. The van der Waals surface area contributed by atoms with Crippen molar-refractivity contribution in [1.82, 2.24) is 10.2 Å². The van der Waals surface area contributed by atoms with Crippen LogP contribution in [0, 0.1) is 11.8 Å². The highest BCUT2D eigenvalue weighted by Crippen LogP contribution is 2.43. The maximum Gasteiger partial charge on any atom is 0.226 e. The van der Waals surface area contributed by atoms with Crippen molar-refractivity contribution in [2.45, 2.75) is 57.2 Å². The fourth-order valence-corrected chi connectivity index (χ4v) is 4.36. The van der Waals surface area contributed by atoms with E-state index in [9.17, 15) is 4.79 Å². The van der Waals surface area contributed by atoms with Gasteiger partial charge in [0.25, 0.3) is 0 Å². The van der Waals surface area contributed by atoms with Crippen LogP contribution in [0.4, 0.5) is 0 Å². The number of benzene rings is 1. The Balaban J connectivity index is 1.61. The first-order valence-electron chi connectivity index (χ1n) is 9.33. The van der Waals surface area contributed by atoms with E-state index in [2.05, 4.69) is 29.3 Å². The summed E-state index contributed by atoms with van der Waals surface area (Å²) in [6, 6.07) is 8.82. The molecular weight excluding hydrogens is 300 g/mol. The number of nitrogens with zero attached hydrogens (tertiary/aromatic N) is 1. The smallest absolute Gasteiger partial charge is 0.226 e. The second-order valence-electron chi connectivity index (χ2n) is 7.97. The van der Waals surface area contributed by atoms with Crippen LogP contribution in [0.3, 0.4) is 0 Å². The number of fused-ring (bicyclic) bond motifs is 1. The fourth-order valence-electron chi connectivity index (χ4n) is 4.36. The summed E-state index contributed by atoms with van der Waals surface area (Å²) < 4.78 is 6.56. The second-order valence-corrected chi connectivity index (χ2v) is 7.97. The molecule has 0 bridgehead atoms. The molecular formula is C20H28N2O2. The van der Waals surface area contributed by atoms with E-state index in [0.29, 0.717) is 24.4 Å². The average molecular weight is 328 g/mol. The first kappa shape index (κ1) is 15.9. The number of carbonyl (C=O) groups excluding carboxylic acids is 1. The lowest BCUT2D eigenvalue weighted by Gasteiger charge is -2.41. The van der Waals surface area contributed by atoms with Gasteiger partial charge in [0.2, 0.25) is 5.91 Å². The molecule has 130 valence electrons. The third-order valence-corrected chi connectivity index (χ3v) is 6.18. The van der Waals surface area contributed by atoms with Gasteiger partial charge in [-0.3, -0.25) is 4.79 Å². The predicted octanol–water partition coefficient (Wildman–Crippen LogP) is 2.96. The first-order chi connectivity index (χ1) is 11.6. The van der Waals surface area contributed by atoms with Crippen LogP contribution >= 0.6 is 0 Å². The Morgan fingerprint density at radius 3 is 2.67 bits per heavy atom. The number of hydrogen-bond acceptors (Lipinski definition) is 3. The molecule has 0 radical (unpaired) electrons. The van der Waals surface area contributed by atoms with E-state index in [1.54, 1.807) is 0 Å². The monoisotopic (exact) mass is 328 g/mol. The number of rotatable bonds is 2. The zero-order chi connectivity index (χ0) is 16.7. The van der Waals surface area contributed by atoms with Crippen LogP contribution in [0.5, 0.6) is 5.75 Å². The molecule has 1 aromatic rings. The number of amides is 1. The molecule has 0 aromatic heterocycles. The third-order valence-electron chi connectivity index (χ3n) is 6.18. The normalized spacial score (nSPS) is 35.1. The molecule has 4 rings (SSSR count). The van der Waals surface area contributed by atoms with Crippen LogP contribution in [-0.4, -0.2) is 36.0 Å². The Hall–Kier alpha value is -1.55. The van der Waals surface area contributed by atoms with E-state index >= 15 is 0 Å². The maximum absolute atomic E-state index is 12.9. The summed E-state index contributed by atoms with van der Waals surface area (Å²) in [6.45, 7) is 3.61. The Bertz CT molecular complexity index is 622. The summed E-state index contributed by atoms with van der Waals surface area (Å²) in [4.78, 5) is 15.0. The third kappa shape index (κ3) is 2.92. The fraction of sp³-hybridized carbons (Fsp3) is 0.650. The molecule has 4 nitrogen and oxygen atoms in total. The average Bonchev–Trinajstić information content (AvgIpc) is 3.35. The summed E-state index contributed by atoms with van der Waals surface area (Å²) in [5.41, 5.74) is 0.931. The van der Waals surface area contributed by atoms with Gasteiger partial charge in [-0.1, -0.05) is 25.1 Å². The number of ether oxygens (including phenoxy) is 1. The van der Waals surface area contributed by atoms with Crippen molar-refractivity contribution >= 4 is 5.91 Å². The molecule has 1 aliphatic heterocycles. The van der Waals surface area contributed by atoms with E-state index in [4.69, 9.17) is 4.74 Å². The van der Waals surface area contributed by atoms with Crippen molar-refractivity contribution in [3.05, 3.63) is 29.8 Å². The van der Waals surface area contributed by atoms with Gasteiger partial charge in [-0.05, 0) is 51.1 Å². The second kappa shape index (κ2) is 6.07. The highest BCUT2D eigenvalue weighted by Gasteiger charge is 2.46. The van der Waals surface area contributed by atoms with E-state index < -0.39 is 0 Å². The van der Waals surface area contributed by atoms with Gasteiger partial charge in [-0.15, -0.1) is 0 Å². The largest absolute Gasteiger partial charge is 0.485 e. The topological polar surface area (TPSA) is 41.6 Å². The van der Waals surface area contributed by atoms with Gasteiger partial charge in [-0.25, -0.2) is 0 Å². The van der Waals surface area contributed by atoms with E-state index in [1.807, 2.05) is 19.2 Å². The Labute approximate surface area is 144 Å². The summed E-state index contributed by atoms with van der Waals surface area (Å²) >= 11 is 0. The summed E-state index contributed by atoms with van der Waals surface area (Å²) in [7, 11) is 2.04. The predicted molar refractivity (Wildman–Crippen MR) is 93.8 cm³/mol. The molecule has 24 heavy (non-hydrogen) atoms. The molecule has 1 aromatic carbocycles. The summed E-state index contributed by atoms with van der Waals surface area (Å²) in [6.07, 6.45) is 5.29. The highest BCUT2D eigenvalue weighted by molar-refractivity contribution is 5.81. The van der Waals surface area contributed by atoms with Crippen LogP contribution in [0.2, 0.25) is 0 Å². The van der Waals surface area contributed by atoms with E-state index in [1.165, 1.54) is 0 Å². The van der Waals surface area contributed by atoms with Gasteiger partial charge in [0.05, 0.1) is 6.54 Å². The minimum absolute atomic E-state index is 0.215. The molecule has 2 unspecified atom stereocenters. The minimum Gasteiger partial charge on any atom is -0.485 e. The van der Waals surface area contributed by atoms with Gasteiger partial charge in [0, 0.05) is 24.1 Å². The molecule has 0 saturated heterocycles. The van der Waals surface area contributed by atoms with Gasteiger partial charge in [0.1, 0.15) is 11.4 Å². The molecule has 1 spiro atoms. The summed E-state index contributed by atoms with van der Waals surface area (Å²) in [5.74, 6) is 2.09. The number of para-hydroxylation sites is 1. The van der Waals surface area contributed by atoms with E-state index in [-0.39, 0.29) is 11.5 Å². The van der Waals surface area contributed by atoms with Crippen molar-refractivity contribution in [3.63, 3.8) is 0 Å². The van der Waals surface area contributed by atoms with Crippen LogP contribution in [-0.2, 0) is 11.3 Å². The molecule has 4 heteroatoms. The lowest BCUT2D eigenvalue weighted by molar-refractivity contribution is -0.136. The Morgan fingerprint density at radius 1 is 1.29 bits per heavy atom. The Kier molecular flexibility index (Phi) is 4.03. The molecule has 1 heterocycles. The zero-order valence-corrected chi connectivity index (χ0v) is 14.8. The molecule has 1 N–H and O–H groups in total. The molecule has 2 aliphatic carbocycles. The minimum atomic E-state index is -0.215. The lowest BCUT2D eigenvalue weighted by atomic mass is 9.81. The Morgan fingerprint density at radius 2 is 2.00 bits per heavy atom. The first-order valence-corrected chi connectivity index (χ1v) is 9.33. The number of nitrogens with one attached hydrogen (secondary N) is 1. The molecule has 3 aliphatic rings. The van der Waals surface area contributed by atoms with Crippen LogP contribution in [0.15, 0.2) is 24.3 Å². The highest BCUT2D eigenvalue weighted by atomic mass is 16.5. The lowest BCUT2D eigenvalue weighted by Crippen LogP contribution is -2.51. The quantitative estimate of drug-likeness (QED) is 0.907. The number of hydrogen-bond donors (Lipinski definition) is 1. The van der Waals surface area contributed by atoms with E-state index in [0.717, 1.165) is 50.0 Å². The van der Waals surface area contributed by atoms with Gasteiger partial charge < -0.3 is 15.0 Å². The van der Waals surface area contributed by atoms with Crippen LogP contribution < -0.4 is 10.1 Å². The van der Waals surface area contributed by atoms with Crippen molar-refractivity contribution in [3.8, 4) is 5.75 Å². The maximum atomic E-state index is 12.9. The van der Waals surface area contributed by atoms with Gasteiger partial charge in [-0.2, -0.15) is 0 Å². The van der Waals surface area contributed by atoms with Crippen molar-refractivity contribution in [2.75, 3.05) is 13.6 Å². The molecule has 2 fully saturated rings. The zero-order valence-electron chi connectivity index (χ0n) is 14.8.